The molecule has 2 atom stereocenters. The molecule has 2 heterocycles. The van der Waals surface area contributed by atoms with Crippen molar-refractivity contribution in [2.75, 3.05) is 33.2 Å². The number of amides is 1. The van der Waals surface area contributed by atoms with Crippen LogP contribution in [-0.2, 0) is 4.79 Å². The molecule has 2 aliphatic heterocycles. The van der Waals surface area contributed by atoms with Gasteiger partial charge in [-0.05, 0) is 25.9 Å². The summed E-state index contributed by atoms with van der Waals surface area (Å²) < 4.78 is 0. The summed E-state index contributed by atoms with van der Waals surface area (Å²) in [7, 11) is 2.14. The van der Waals surface area contributed by atoms with Gasteiger partial charge in [0.15, 0.2) is 0 Å². The first-order chi connectivity index (χ1) is 6.16. The van der Waals surface area contributed by atoms with Gasteiger partial charge in [-0.2, -0.15) is 0 Å². The fraction of sp³-hybridized carbons (Fsp3) is 0.889. The first-order valence-corrected chi connectivity index (χ1v) is 4.87. The predicted octanol–water partition coefficient (Wildman–Crippen LogP) is -0.892. The summed E-state index contributed by atoms with van der Waals surface area (Å²) in [5.74, 6) is 0.569. The quantitative estimate of drug-likeness (QED) is 0.604. The largest absolute Gasteiger partial charge is 0.369 e. The van der Waals surface area contributed by atoms with E-state index in [4.69, 9.17) is 5.73 Å². The highest BCUT2D eigenvalue weighted by atomic mass is 16.1. The number of carbonyl (C=O) groups is 1. The molecule has 2 rings (SSSR count). The highest BCUT2D eigenvalue weighted by molar-refractivity contribution is 5.76. The van der Waals surface area contributed by atoms with Crippen molar-refractivity contribution in [1.82, 2.24) is 9.80 Å². The molecule has 0 radical (unpaired) electrons. The minimum Gasteiger partial charge on any atom is -0.369 e. The van der Waals surface area contributed by atoms with Gasteiger partial charge in [-0.1, -0.05) is 0 Å². The summed E-state index contributed by atoms with van der Waals surface area (Å²) >= 11 is 0. The van der Waals surface area contributed by atoms with E-state index in [2.05, 4.69) is 16.8 Å². The molecule has 0 spiro atoms. The summed E-state index contributed by atoms with van der Waals surface area (Å²) in [4.78, 5) is 15.4. The second kappa shape index (κ2) is 3.27. The van der Waals surface area contributed by atoms with E-state index in [0.29, 0.717) is 12.6 Å². The molecule has 2 unspecified atom stereocenters. The molecule has 0 saturated carbocycles. The van der Waals surface area contributed by atoms with Gasteiger partial charge in [0, 0.05) is 19.1 Å². The maximum atomic E-state index is 10.8. The van der Waals surface area contributed by atoms with Crippen LogP contribution in [0.2, 0.25) is 0 Å². The lowest BCUT2D eigenvalue weighted by Gasteiger charge is -2.21. The summed E-state index contributed by atoms with van der Waals surface area (Å²) in [5.41, 5.74) is 5.20. The lowest BCUT2D eigenvalue weighted by atomic mass is 10.1. The Morgan fingerprint density at radius 1 is 1.54 bits per heavy atom. The lowest BCUT2D eigenvalue weighted by molar-refractivity contribution is -0.119. The van der Waals surface area contributed by atoms with Crippen LogP contribution in [0.15, 0.2) is 0 Å². The normalized spacial score (nSPS) is 35.2. The van der Waals surface area contributed by atoms with Gasteiger partial charge in [0.1, 0.15) is 0 Å². The second-order valence-electron chi connectivity index (χ2n) is 4.27. The molecular weight excluding hydrogens is 166 g/mol. The third kappa shape index (κ3) is 1.69. The van der Waals surface area contributed by atoms with Crippen molar-refractivity contribution in [3.63, 3.8) is 0 Å². The first kappa shape index (κ1) is 8.97. The van der Waals surface area contributed by atoms with Crippen LogP contribution in [-0.4, -0.2) is 55.0 Å². The minimum atomic E-state index is -0.199. The number of hydrogen-bond donors (Lipinski definition) is 1. The highest BCUT2D eigenvalue weighted by Crippen LogP contribution is 2.29. The molecule has 2 fully saturated rings. The van der Waals surface area contributed by atoms with Crippen LogP contribution in [0, 0.1) is 5.92 Å². The van der Waals surface area contributed by atoms with Gasteiger partial charge < -0.3 is 10.6 Å². The van der Waals surface area contributed by atoms with Crippen LogP contribution >= 0.6 is 0 Å². The van der Waals surface area contributed by atoms with Crippen molar-refractivity contribution in [2.45, 2.75) is 12.5 Å². The van der Waals surface area contributed by atoms with E-state index in [1.807, 2.05) is 0 Å². The standard InChI is InChI=1S/C9H17N3O/c1-11-4-7-2-3-12(6-9(10)13)8(7)5-11/h7-8H,2-6H2,1H3,(H2,10,13). The number of carbonyl (C=O) groups excluding carboxylic acids is 1. The van der Waals surface area contributed by atoms with Gasteiger partial charge in [-0.25, -0.2) is 0 Å². The number of likely N-dealkylation sites (tertiary alicyclic amines) is 2. The fourth-order valence-corrected chi connectivity index (χ4v) is 2.66. The Bertz CT molecular complexity index is 219. The third-order valence-corrected chi connectivity index (χ3v) is 3.20. The molecule has 2 N–H and O–H groups in total. The average molecular weight is 183 g/mol. The molecule has 13 heavy (non-hydrogen) atoms. The fourth-order valence-electron chi connectivity index (χ4n) is 2.66. The van der Waals surface area contributed by atoms with Crippen molar-refractivity contribution in [2.24, 2.45) is 11.7 Å². The maximum Gasteiger partial charge on any atom is 0.231 e. The number of hydrogen-bond acceptors (Lipinski definition) is 3. The zero-order chi connectivity index (χ0) is 9.42. The van der Waals surface area contributed by atoms with E-state index in [1.54, 1.807) is 0 Å². The van der Waals surface area contributed by atoms with Gasteiger partial charge >= 0.3 is 0 Å². The van der Waals surface area contributed by atoms with Gasteiger partial charge in [0.25, 0.3) is 0 Å². The van der Waals surface area contributed by atoms with Crippen molar-refractivity contribution in [3.8, 4) is 0 Å². The molecular formula is C9H17N3O. The summed E-state index contributed by atoms with van der Waals surface area (Å²) in [6.07, 6.45) is 1.22. The lowest BCUT2D eigenvalue weighted by Crippen LogP contribution is -2.40. The van der Waals surface area contributed by atoms with Crippen LogP contribution in [0.1, 0.15) is 6.42 Å². The van der Waals surface area contributed by atoms with Gasteiger partial charge in [-0.3, -0.25) is 9.69 Å². The number of fused-ring (bicyclic) bond motifs is 1. The van der Waals surface area contributed by atoms with E-state index in [0.717, 1.165) is 19.0 Å². The zero-order valence-corrected chi connectivity index (χ0v) is 8.07. The van der Waals surface area contributed by atoms with Crippen LogP contribution in [0.4, 0.5) is 0 Å². The Labute approximate surface area is 78.7 Å². The van der Waals surface area contributed by atoms with Crippen molar-refractivity contribution in [3.05, 3.63) is 0 Å². The maximum absolute atomic E-state index is 10.8. The van der Waals surface area contributed by atoms with Gasteiger partial charge in [0.2, 0.25) is 5.91 Å². The molecule has 2 saturated heterocycles. The first-order valence-electron chi connectivity index (χ1n) is 4.87. The predicted molar refractivity (Wildman–Crippen MR) is 50.2 cm³/mol. The molecule has 74 valence electrons. The Hall–Kier alpha value is -0.610. The Morgan fingerprint density at radius 2 is 2.31 bits per heavy atom. The molecule has 0 aliphatic carbocycles. The number of rotatable bonds is 2. The van der Waals surface area contributed by atoms with Crippen molar-refractivity contribution in [1.29, 1.82) is 0 Å². The highest BCUT2D eigenvalue weighted by Gasteiger charge is 2.40. The Morgan fingerprint density at radius 3 is 3.00 bits per heavy atom. The third-order valence-electron chi connectivity index (χ3n) is 3.20. The van der Waals surface area contributed by atoms with Crippen molar-refractivity contribution < 1.29 is 4.79 Å². The van der Waals surface area contributed by atoms with Crippen LogP contribution < -0.4 is 5.73 Å². The molecule has 1 amide bonds. The summed E-state index contributed by atoms with van der Waals surface area (Å²) in [6.45, 7) is 3.76. The molecule has 0 aromatic carbocycles. The minimum absolute atomic E-state index is 0.199. The molecule has 2 aliphatic rings. The second-order valence-corrected chi connectivity index (χ2v) is 4.27. The van der Waals surface area contributed by atoms with E-state index in [1.165, 1.54) is 13.0 Å². The van der Waals surface area contributed by atoms with E-state index in [9.17, 15) is 4.79 Å². The SMILES string of the molecule is CN1CC2CCN(CC(N)=O)C2C1. The topological polar surface area (TPSA) is 49.6 Å². The zero-order valence-electron chi connectivity index (χ0n) is 8.07. The number of likely N-dealkylation sites (N-methyl/N-ethyl adjacent to an activating group) is 1. The average Bonchev–Trinajstić information content (AvgIpc) is 2.51. The molecule has 0 aromatic heterocycles. The molecule has 0 aromatic rings. The molecule has 4 heteroatoms. The van der Waals surface area contributed by atoms with Crippen LogP contribution in [0.25, 0.3) is 0 Å². The molecule has 4 nitrogen and oxygen atoms in total. The Kier molecular flexibility index (Phi) is 2.26. The van der Waals surface area contributed by atoms with Gasteiger partial charge in [-0.15, -0.1) is 0 Å². The van der Waals surface area contributed by atoms with E-state index >= 15 is 0 Å². The monoisotopic (exact) mass is 183 g/mol. The Balaban J connectivity index is 1.96. The van der Waals surface area contributed by atoms with Crippen LogP contribution in [0.5, 0.6) is 0 Å². The summed E-state index contributed by atoms with van der Waals surface area (Å²) in [5, 5.41) is 0. The number of nitrogens with zero attached hydrogens (tertiary/aromatic N) is 2. The van der Waals surface area contributed by atoms with E-state index < -0.39 is 0 Å². The number of primary amides is 1. The van der Waals surface area contributed by atoms with E-state index in [-0.39, 0.29) is 5.91 Å². The molecule has 0 bridgehead atoms. The summed E-state index contributed by atoms with van der Waals surface area (Å²) in [6, 6.07) is 0.581. The smallest absolute Gasteiger partial charge is 0.231 e. The van der Waals surface area contributed by atoms with Crippen LogP contribution in [0.3, 0.4) is 0 Å². The number of nitrogens with two attached hydrogens (primary N) is 1. The van der Waals surface area contributed by atoms with Gasteiger partial charge in [0.05, 0.1) is 6.54 Å². The van der Waals surface area contributed by atoms with Crippen molar-refractivity contribution >= 4 is 5.91 Å².